The maximum atomic E-state index is 4.73. The molecule has 1 N–H and O–H groups in total. The van der Waals surface area contributed by atoms with Crippen LogP contribution in [0, 0.1) is 10.8 Å². The average Bonchev–Trinajstić information content (AvgIpc) is 1.96. The van der Waals surface area contributed by atoms with Gasteiger partial charge in [0.15, 0.2) is 0 Å². The molecule has 102 valence electrons. The minimum absolute atomic E-state index is 0.0938. The third-order valence-electron chi connectivity index (χ3n) is 2.06. The number of nitrogens with zero attached hydrogens (tertiary/aromatic N) is 1. The predicted molar refractivity (Wildman–Crippen MR) is 82.2 cm³/mol. The topological polar surface area (TPSA) is 24.4 Å². The molecule has 0 unspecified atom stereocenters. The van der Waals surface area contributed by atoms with Crippen LogP contribution in [0.1, 0.15) is 55.4 Å². The lowest BCUT2D eigenvalue weighted by molar-refractivity contribution is 0.403. The molecule has 0 aliphatic rings. The summed E-state index contributed by atoms with van der Waals surface area (Å²) in [7, 11) is 0. The molecular formula is C14H29BrN2. The quantitative estimate of drug-likeness (QED) is 0.471. The van der Waals surface area contributed by atoms with Crippen LogP contribution >= 0.6 is 15.9 Å². The van der Waals surface area contributed by atoms with Gasteiger partial charge >= 0.3 is 0 Å². The Morgan fingerprint density at radius 2 is 1.41 bits per heavy atom. The van der Waals surface area contributed by atoms with Crippen LogP contribution in [-0.2, 0) is 0 Å². The van der Waals surface area contributed by atoms with Gasteiger partial charge in [-0.1, -0.05) is 57.5 Å². The van der Waals surface area contributed by atoms with Crippen molar-refractivity contribution in [2.24, 2.45) is 15.8 Å². The molecule has 3 heteroatoms. The molecule has 0 aromatic rings. The standard InChI is InChI=1S/C14H29BrN2/c1-12(2,3)9-16-11(14(7,8)15)17-10-13(4,5)6/h9-10H2,1-8H3,(H,16,17). The molecule has 0 saturated carbocycles. The molecule has 0 radical (unpaired) electrons. The van der Waals surface area contributed by atoms with Crippen molar-refractivity contribution in [1.29, 1.82) is 0 Å². The molecule has 0 atom stereocenters. The summed E-state index contributed by atoms with van der Waals surface area (Å²) in [5, 5.41) is 3.48. The van der Waals surface area contributed by atoms with Crippen molar-refractivity contribution in [3.05, 3.63) is 0 Å². The fourth-order valence-corrected chi connectivity index (χ4v) is 1.38. The molecule has 0 fully saturated rings. The van der Waals surface area contributed by atoms with Crippen molar-refractivity contribution in [2.75, 3.05) is 13.1 Å². The number of hydrogen-bond donors (Lipinski definition) is 1. The Balaban J connectivity index is 4.68. The molecule has 0 bridgehead atoms. The van der Waals surface area contributed by atoms with E-state index in [1.807, 2.05) is 0 Å². The molecule has 0 aromatic carbocycles. The molecule has 0 spiro atoms. The van der Waals surface area contributed by atoms with Crippen LogP contribution in [0.3, 0.4) is 0 Å². The minimum Gasteiger partial charge on any atom is -0.372 e. The molecule has 0 aliphatic heterocycles. The number of hydrogen-bond acceptors (Lipinski definition) is 1. The van der Waals surface area contributed by atoms with Gasteiger partial charge in [-0.3, -0.25) is 4.99 Å². The zero-order valence-corrected chi connectivity index (χ0v) is 14.3. The van der Waals surface area contributed by atoms with E-state index in [0.29, 0.717) is 0 Å². The van der Waals surface area contributed by atoms with Crippen molar-refractivity contribution in [2.45, 2.75) is 59.7 Å². The highest BCUT2D eigenvalue weighted by Gasteiger charge is 2.23. The summed E-state index contributed by atoms with van der Waals surface area (Å²) in [6.07, 6.45) is 0. The first-order valence-electron chi connectivity index (χ1n) is 6.29. The van der Waals surface area contributed by atoms with Gasteiger partial charge in [0.05, 0.1) is 4.32 Å². The lowest BCUT2D eigenvalue weighted by atomic mass is 9.96. The van der Waals surface area contributed by atoms with E-state index in [9.17, 15) is 0 Å². The lowest BCUT2D eigenvalue weighted by Gasteiger charge is -2.27. The molecule has 0 heterocycles. The van der Waals surface area contributed by atoms with Gasteiger partial charge in [-0.15, -0.1) is 0 Å². The monoisotopic (exact) mass is 304 g/mol. The third kappa shape index (κ3) is 9.63. The fourth-order valence-electron chi connectivity index (χ4n) is 1.12. The van der Waals surface area contributed by atoms with E-state index >= 15 is 0 Å². The van der Waals surface area contributed by atoms with Crippen molar-refractivity contribution in [1.82, 2.24) is 5.32 Å². The van der Waals surface area contributed by atoms with Crippen molar-refractivity contribution in [3.63, 3.8) is 0 Å². The molecule has 0 rings (SSSR count). The second-order valence-corrected chi connectivity index (χ2v) is 9.59. The summed E-state index contributed by atoms with van der Waals surface area (Å²) >= 11 is 3.69. The zero-order chi connectivity index (χ0) is 13.9. The highest BCUT2D eigenvalue weighted by molar-refractivity contribution is 9.10. The highest BCUT2D eigenvalue weighted by Crippen LogP contribution is 2.20. The Morgan fingerprint density at radius 1 is 0.941 bits per heavy atom. The molecular weight excluding hydrogens is 276 g/mol. The summed E-state index contributed by atoms with van der Waals surface area (Å²) in [5.74, 6) is 1.04. The summed E-state index contributed by atoms with van der Waals surface area (Å²) in [4.78, 5) is 4.73. The smallest absolute Gasteiger partial charge is 0.113 e. The van der Waals surface area contributed by atoms with Crippen molar-refractivity contribution < 1.29 is 0 Å². The summed E-state index contributed by atoms with van der Waals surface area (Å²) in [6, 6.07) is 0. The number of alkyl halides is 1. The molecule has 0 amide bonds. The van der Waals surface area contributed by atoms with Gasteiger partial charge in [0, 0.05) is 13.1 Å². The van der Waals surface area contributed by atoms with Gasteiger partial charge in [-0.05, 0) is 24.7 Å². The maximum absolute atomic E-state index is 4.73. The van der Waals surface area contributed by atoms with Crippen LogP contribution in [0.25, 0.3) is 0 Å². The second-order valence-electron chi connectivity index (χ2n) is 7.61. The number of nitrogens with one attached hydrogen (secondary N) is 1. The normalized spacial score (nSPS) is 15.0. The van der Waals surface area contributed by atoms with E-state index in [0.717, 1.165) is 18.9 Å². The Bertz CT molecular complexity index is 261. The van der Waals surface area contributed by atoms with Gasteiger partial charge in [0.2, 0.25) is 0 Å². The molecule has 0 saturated heterocycles. The SMILES string of the molecule is CC(C)(C)CN=C(NCC(C)(C)C)C(C)(C)Br. The van der Waals surface area contributed by atoms with E-state index in [1.54, 1.807) is 0 Å². The number of amidine groups is 1. The van der Waals surface area contributed by atoms with Crippen LogP contribution in [0.15, 0.2) is 4.99 Å². The van der Waals surface area contributed by atoms with Crippen LogP contribution in [-0.4, -0.2) is 23.2 Å². The first kappa shape index (κ1) is 16.9. The molecule has 17 heavy (non-hydrogen) atoms. The Morgan fingerprint density at radius 3 is 1.71 bits per heavy atom. The minimum atomic E-state index is -0.0938. The first-order valence-corrected chi connectivity index (χ1v) is 7.08. The van der Waals surface area contributed by atoms with Gasteiger partial charge < -0.3 is 5.32 Å². The molecule has 0 aliphatic carbocycles. The van der Waals surface area contributed by atoms with Crippen LogP contribution in [0.4, 0.5) is 0 Å². The van der Waals surface area contributed by atoms with Crippen LogP contribution < -0.4 is 5.32 Å². The number of aliphatic imine (C=N–C) groups is 1. The van der Waals surface area contributed by atoms with Crippen molar-refractivity contribution >= 4 is 21.8 Å². The summed E-state index contributed by atoms with van der Waals surface area (Å²) in [5.41, 5.74) is 0.494. The van der Waals surface area contributed by atoms with Crippen LogP contribution in [0.2, 0.25) is 0 Å². The van der Waals surface area contributed by atoms with E-state index in [-0.39, 0.29) is 15.2 Å². The zero-order valence-electron chi connectivity index (χ0n) is 12.7. The number of rotatable bonds is 3. The van der Waals surface area contributed by atoms with Crippen LogP contribution in [0.5, 0.6) is 0 Å². The van der Waals surface area contributed by atoms with Crippen molar-refractivity contribution in [3.8, 4) is 0 Å². The van der Waals surface area contributed by atoms with E-state index in [1.165, 1.54) is 0 Å². The summed E-state index contributed by atoms with van der Waals surface area (Å²) < 4.78 is -0.0938. The maximum Gasteiger partial charge on any atom is 0.113 e. The van der Waals surface area contributed by atoms with Gasteiger partial charge in [-0.2, -0.15) is 0 Å². The molecule has 0 aromatic heterocycles. The predicted octanol–water partition coefficient (Wildman–Crippen LogP) is 4.24. The highest BCUT2D eigenvalue weighted by atomic mass is 79.9. The van der Waals surface area contributed by atoms with E-state index < -0.39 is 0 Å². The fraction of sp³-hybridized carbons (Fsp3) is 0.929. The van der Waals surface area contributed by atoms with Gasteiger partial charge in [0.1, 0.15) is 5.84 Å². The Hall–Kier alpha value is -0.0500. The van der Waals surface area contributed by atoms with E-state index in [2.05, 4.69) is 76.6 Å². The van der Waals surface area contributed by atoms with Gasteiger partial charge in [-0.25, -0.2) is 0 Å². The third-order valence-corrected chi connectivity index (χ3v) is 2.44. The van der Waals surface area contributed by atoms with Gasteiger partial charge in [0.25, 0.3) is 0 Å². The Kier molecular flexibility index (Phi) is 5.71. The summed E-state index contributed by atoms with van der Waals surface area (Å²) in [6.45, 7) is 19.3. The average molecular weight is 305 g/mol. The number of halogens is 1. The second kappa shape index (κ2) is 5.73. The lowest BCUT2D eigenvalue weighted by Crippen LogP contribution is -2.42. The largest absolute Gasteiger partial charge is 0.372 e. The first-order chi connectivity index (χ1) is 7.31. The molecule has 2 nitrogen and oxygen atoms in total. The Labute approximate surface area is 116 Å². The van der Waals surface area contributed by atoms with E-state index in [4.69, 9.17) is 4.99 Å².